The second-order valence-corrected chi connectivity index (χ2v) is 6.22. The lowest BCUT2D eigenvalue weighted by Gasteiger charge is -2.40. The minimum Gasteiger partial charge on any atom is -0.378 e. The number of hydrogen-bond acceptors (Lipinski definition) is 4. The van der Waals surface area contributed by atoms with E-state index in [2.05, 4.69) is 27.1 Å². The number of aromatic nitrogens is 2. The monoisotopic (exact) mass is 321 g/mol. The Morgan fingerprint density at radius 2 is 2.43 bits per heavy atom. The maximum atomic E-state index is 12.4. The molecule has 2 aliphatic rings. The summed E-state index contributed by atoms with van der Waals surface area (Å²) in [4.78, 5) is 24.2. The van der Waals surface area contributed by atoms with Crippen LogP contribution in [0.1, 0.15) is 38.1 Å². The van der Waals surface area contributed by atoms with Gasteiger partial charge in [0, 0.05) is 45.2 Å². The Kier molecular flexibility index (Phi) is 5.51. The van der Waals surface area contributed by atoms with Crippen LogP contribution in [0.3, 0.4) is 0 Å². The highest BCUT2D eigenvalue weighted by Gasteiger charge is 2.31. The van der Waals surface area contributed by atoms with E-state index >= 15 is 0 Å². The average molecular weight is 321 g/mol. The summed E-state index contributed by atoms with van der Waals surface area (Å²) in [5.74, 6) is 0.934. The number of likely N-dealkylation sites (N-methyl/N-ethyl adjacent to an activating group) is 1. The number of carbonyl (C=O) groups is 1. The topological polar surface area (TPSA) is 73.5 Å². The first-order chi connectivity index (χ1) is 11.3. The summed E-state index contributed by atoms with van der Waals surface area (Å²) >= 11 is 0. The molecule has 2 aliphatic heterocycles. The zero-order valence-electron chi connectivity index (χ0n) is 13.8. The number of rotatable bonds is 5. The Hall–Kier alpha value is -1.60. The third kappa shape index (κ3) is 4.03. The molecule has 0 saturated carbocycles. The fraction of sp³-hybridized carbons (Fsp3) is 0.750. The number of piperazine rings is 1. The van der Waals surface area contributed by atoms with E-state index in [9.17, 15) is 4.79 Å². The van der Waals surface area contributed by atoms with E-state index < -0.39 is 0 Å². The molecule has 0 aliphatic carbocycles. The van der Waals surface area contributed by atoms with E-state index in [4.69, 9.17) is 4.74 Å². The highest BCUT2D eigenvalue weighted by Crippen LogP contribution is 2.22. The van der Waals surface area contributed by atoms with Crippen LogP contribution in [0.25, 0.3) is 0 Å². The lowest BCUT2D eigenvalue weighted by atomic mass is 10.1. The third-order valence-electron chi connectivity index (χ3n) is 4.79. The highest BCUT2D eigenvalue weighted by atomic mass is 16.5. The number of H-pyrrole nitrogens is 1. The van der Waals surface area contributed by atoms with Crippen molar-refractivity contribution in [1.29, 1.82) is 0 Å². The van der Waals surface area contributed by atoms with E-state index in [1.807, 2.05) is 11.1 Å². The Balaban J connectivity index is 1.50. The minimum absolute atomic E-state index is 0.0234. The number of aromatic amines is 1. The fourth-order valence-electron chi connectivity index (χ4n) is 3.43. The largest absolute Gasteiger partial charge is 0.378 e. The van der Waals surface area contributed by atoms with Crippen molar-refractivity contribution in [2.24, 2.45) is 0 Å². The predicted molar refractivity (Wildman–Crippen MR) is 87.1 cm³/mol. The molecular formula is C16H27N5O2. The number of hydrogen-bond donors (Lipinski definition) is 2. The van der Waals surface area contributed by atoms with Gasteiger partial charge in [-0.1, -0.05) is 6.92 Å². The van der Waals surface area contributed by atoms with Gasteiger partial charge in [0.05, 0.1) is 12.1 Å². The summed E-state index contributed by atoms with van der Waals surface area (Å²) in [6.45, 7) is 6.96. The van der Waals surface area contributed by atoms with Crippen molar-refractivity contribution in [1.82, 2.24) is 25.1 Å². The SMILES string of the molecule is CCN1CCN(C(=O)NCC[C@@H]2CCCO2)C[C@@H]1c1ncc[nH]1. The van der Waals surface area contributed by atoms with Gasteiger partial charge in [0.15, 0.2) is 0 Å². The molecule has 2 amide bonds. The minimum atomic E-state index is 0.0234. The predicted octanol–water partition coefficient (Wildman–Crippen LogP) is 1.37. The van der Waals surface area contributed by atoms with Crippen LogP contribution in [-0.4, -0.2) is 71.2 Å². The van der Waals surface area contributed by atoms with Crippen LogP contribution >= 0.6 is 0 Å². The molecule has 2 atom stereocenters. The van der Waals surface area contributed by atoms with Crippen LogP contribution in [0.2, 0.25) is 0 Å². The molecule has 0 radical (unpaired) electrons. The molecule has 7 heteroatoms. The van der Waals surface area contributed by atoms with Gasteiger partial charge in [-0.2, -0.15) is 0 Å². The van der Waals surface area contributed by atoms with Gasteiger partial charge in [-0.3, -0.25) is 4.90 Å². The van der Waals surface area contributed by atoms with Gasteiger partial charge in [-0.05, 0) is 25.8 Å². The zero-order chi connectivity index (χ0) is 16.1. The van der Waals surface area contributed by atoms with Crippen molar-refractivity contribution in [2.45, 2.75) is 38.3 Å². The van der Waals surface area contributed by atoms with E-state index in [1.54, 1.807) is 6.20 Å². The number of nitrogens with one attached hydrogen (secondary N) is 2. The van der Waals surface area contributed by atoms with E-state index in [-0.39, 0.29) is 12.1 Å². The van der Waals surface area contributed by atoms with Crippen LogP contribution in [0.5, 0.6) is 0 Å². The van der Waals surface area contributed by atoms with Crippen molar-refractivity contribution in [3.8, 4) is 0 Å². The van der Waals surface area contributed by atoms with Gasteiger partial charge in [0.2, 0.25) is 0 Å². The van der Waals surface area contributed by atoms with Crippen molar-refractivity contribution in [2.75, 3.05) is 39.3 Å². The smallest absolute Gasteiger partial charge is 0.317 e. The van der Waals surface area contributed by atoms with E-state index in [1.165, 1.54) is 0 Å². The molecule has 7 nitrogen and oxygen atoms in total. The first-order valence-corrected chi connectivity index (χ1v) is 8.65. The molecule has 2 N–H and O–H groups in total. The second-order valence-electron chi connectivity index (χ2n) is 6.22. The Morgan fingerprint density at radius 3 is 3.13 bits per heavy atom. The number of nitrogens with zero attached hydrogens (tertiary/aromatic N) is 3. The van der Waals surface area contributed by atoms with Gasteiger partial charge in [0.25, 0.3) is 0 Å². The number of carbonyl (C=O) groups excluding carboxylic acids is 1. The number of urea groups is 1. The molecule has 1 aromatic heterocycles. The number of ether oxygens (including phenoxy) is 1. The van der Waals surface area contributed by atoms with Gasteiger partial charge in [-0.25, -0.2) is 9.78 Å². The quantitative estimate of drug-likeness (QED) is 0.859. The molecule has 3 heterocycles. The molecule has 0 aromatic carbocycles. The number of amides is 2. The zero-order valence-corrected chi connectivity index (χ0v) is 13.8. The molecule has 0 spiro atoms. The Bertz CT molecular complexity index is 487. The summed E-state index contributed by atoms with van der Waals surface area (Å²) in [5.41, 5.74) is 0. The Labute approximate surface area is 137 Å². The van der Waals surface area contributed by atoms with Crippen LogP contribution in [0.15, 0.2) is 12.4 Å². The maximum absolute atomic E-state index is 12.4. The molecule has 2 fully saturated rings. The van der Waals surface area contributed by atoms with E-state index in [0.29, 0.717) is 19.2 Å². The first-order valence-electron chi connectivity index (χ1n) is 8.65. The number of imidazole rings is 1. The molecular weight excluding hydrogens is 294 g/mol. The first kappa shape index (κ1) is 16.3. The van der Waals surface area contributed by atoms with Crippen molar-refractivity contribution >= 4 is 6.03 Å². The van der Waals surface area contributed by atoms with Gasteiger partial charge in [0.1, 0.15) is 5.82 Å². The lowest BCUT2D eigenvalue weighted by Crippen LogP contribution is -2.53. The average Bonchev–Trinajstić information content (AvgIpc) is 3.27. The summed E-state index contributed by atoms with van der Waals surface area (Å²) in [6.07, 6.45) is 7.09. The standard InChI is InChI=1S/C16H27N5O2/c1-2-20-9-10-21(12-14(20)15-17-7-8-18-15)16(22)19-6-5-13-4-3-11-23-13/h7-8,13-14H,2-6,9-12H2,1H3,(H,17,18)(H,19,22)/t13-,14+/m0/s1. The summed E-state index contributed by atoms with van der Waals surface area (Å²) in [6, 6.07) is 0.169. The van der Waals surface area contributed by atoms with Crippen LogP contribution in [0, 0.1) is 0 Å². The lowest BCUT2D eigenvalue weighted by molar-refractivity contribution is 0.0869. The van der Waals surface area contributed by atoms with Crippen LogP contribution < -0.4 is 5.32 Å². The molecule has 2 saturated heterocycles. The molecule has 23 heavy (non-hydrogen) atoms. The molecule has 3 rings (SSSR count). The van der Waals surface area contributed by atoms with Gasteiger partial charge < -0.3 is 19.9 Å². The molecule has 128 valence electrons. The Morgan fingerprint density at radius 1 is 1.52 bits per heavy atom. The highest BCUT2D eigenvalue weighted by molar-refractivity contribution is 5.74. The summed E-state index contributed by atoms with van der Waals surface area (Å²) in [5, 5.41) is 3.04. The van der Waals surface area contributed by atoms with Crippen molar-refractivity contribution < 1.29 is 9.53 Å². The van der Waals surface area contributed by atoms with Crippen molar-refractivity contribution in [3.05, 3.63) is 18.2 Å². The maximum Gasteiger partial charge on any atom is 0.317 e. The normalized spacial score (nSPS) is 25.7. The molecule has 0 unspecified atom stereocenters. The summed E-state index contributed by atoms with van der Waals surface area (Å²) < 4.78 is 5.59. The molecule has 0 bridgehead atoms. The van der Waals surface area contributed by atoms with Crippen molar-refractivity contribution in [3.63, 3.8) is 0 Å². The van der Waals surface area contributed by atoms with E-state index in [0.717, 1.165) is 51.3 Å². The van der Waals surface area contributed by atoms with Gasteiger partial charge in [-0.15, -0.1) is 0 Å². The molecule has 1 aromatic rings. The fourth-order valence-corrected chi connectivity index (χ4v) is 3.43. The van der Waals surface area contributed by atoms with Crippen LogP contribution in [-0.2, 0) is 4.74 Å². The second kappa shape index (κ2) is 7.79. The van der Waals surface area contributed by atoms with Crippen LogP contribution in [0.4, 0.5) is 4.79 Å². The third-order valence-corrected chi connectivity index (χ3v) is 4.79. The van der Waals surface area contributed by atoms with Gasteiger partial charge >= 0.3 is 6.03 Å². The summed E-state index contributed by atoms with van der Waals surface area (Å²) in [7, 11) is 0.